The summed E-state index contributed by atoms with van der Waals surface area (Å²) < 4.78 is 0. The standard InChI is InChI=1S/C14H28N2O2/c1-11(9-15-4)12(17)16-10-14(18)7-5-13(2,3)6-8-14/h11,15,18H,5-10H2,1-4H3,(H,16,17). The van der Waals surface area contributed by atoms with Gasteiger partial charge in [0, 0.05) is 19.0 Å². The number of carbonyl (C=O) groups excluding carboxylic acids is 1. The van der Waals surface area contributed by atoms with E-state index in [0.29, 0.717) is 18.5 Å². The number of nitrogens with one attached hydrogen (secondary N) is 2. The normalized spacial score (nSPS) is 23.4. The zero-order valence-corrected chi connectivity index (χ0v) is 12.2. The van der Waals surface area contributed by atoms with Crippen molar-refractivity contribution in [2.75, 3.05) is 20.1 Å². The molecule has 1 aliphatic rings. The van der Waals surface area contributed by atoms with Crippen molar-refractivity contribution in [1.82, 2.24) is 10.6 Å². The lowest BCUT2D eigenvalue weighted by molar-refractivity contribution is -0.126. The molecule has 1 saturated carbocycles. The quantitative estimate of drug-likeness (QED) is 0.694. The van der Waals surface area contributed by atoms with Crippen molar-refractivity contribution in [3.8, 4) is 0 Å². The molecule has 0 heterocycles. The summed E-state index contributed by atoms with van der Waals surface area (Å²) in [7, 11) is 1.83. The van der Waals surface area contributed by atoms with E-state index in [0.717, 1.165) is 25.7 Å². The Kier molecular flexibility index (Phi) is 5.17. The fourth-order valence-corrected chi connectivity index (χ4v) is 2.39. The third-order valence-corrected chi connectivity index (χ3v) is 4.08. The molecule has 1 aliphatic carbocycles. The summed E-state index contributed by atoms with van der Waals surface area (Å²) in [5.41, 5.74) is -0.375. The topological polar surface area (TPSA) is 61.4 Å². The molecule has 4 nitrogen and oxygen atoms in total. The predicted octanol–water partition coefficient (Wildman–Crippen LogP) is 1.29. The summed E-state index contributed by atoms with van der Waals surface area (Å²) in [4.78, 5) is 11.8. The first-order chi connectivity index (χ1) is 8.28. The number of hydrogen-bond acceptors (Lipinski definition) is 3. The first-order valence-electron chi connectivity index (χ1n) is 6.93. The van der Waals surface area contributed by atoms with Gasteiger partial charge in [0.25, 0.3) is 0 Å². The Morgan fingerprint density at radius 2 is 1.83 bits per heavy atom. The van der Waals surface area contributed by atoms with Crippen molar-refractivity contribution in [3.05, 3.63) is 0 Å². The largest absolute Gasteiger partial charge is 0.388 e. The van der Waals surface area contributed by atoms with Gasteiger partial charge in [-0.05, 0) is 38.1 Å². The SMILES string of the molecule is CNCC(C)C(=O)NCC1(O)CCC(C)(C)CC1. The minimum Gasteiger partial charge on any atom is -0.388 e. The summed E-state index contributed by atoms with van der Waals surface area (Å²) in [6.45, 7) is 7.41. The molecule has 0 bridgehead atoms. The average molecular weight is 256 g/mol. The fraction of sp³-hybridized carbons (Fsp3) is 0.929. The molecule has 0 radical (unpaired) electrons. The molecule has 0 spiro atoms. The van der Waals surface area contributed by atoms with Gasteiger partial charge >= 0.3 is 0 Å². The van der Waals surface area contributed by atoms with Crippen LogP contribution in [-0.2, 0) is 4.79 Å². The Hall–Kier alpha value is -0.610. The lowest BCUT2D eigenvalue weighted by atomic mass is 9.71. The van der Waals surface area contributed by atoms with Crippen LogP contribution in [0.5, 0.6) is 0 Å². The first-order valence-corrected chi connectivity index (χ1v) is 6.93. The van der Waals surface area contributed by atoms with Gasteiger partial charge in [-0.2, -0.15) is 0 Å². The summed E-state index contributed by atoms with van der Waals surface area (Å²) in [6, 6.07) is 0. The van der Waals surface area contributed by atoms with E-state index < -0.39 is 5.60 Å². The molecule has 1 unspecified atom stereocenters. The minimum absolute atomic E-state index is 0.0163. The maximum Gasteiger partial charge on any atom is 0.224 e. The highest BCUT2D eigenvalue weighted by atomic mass is 16.3. The Bertz CT molecular complexity index is 280. The molecule has 1 rings (SSSR count). The molecule has 1 fully saturated rings. The van der Waals surface area contributed by atoms with E-state index >= 15 is 0 Å². The zero-order valence-electron chi connectivity index (χ0n) is 12.2. The van der Waals surface area contributed by atoms with Gasteiger partial charge in [-0.3, -0.25) is 4.79 Å². The summed E-state index contributed by atoms with van der Waals surface area (Å²) in [6.07, 6.45) is 3.60. The highest BCUT2D eigenvalue weighted by molar-refractivity contribution is 5.78. The van der Waals surface area contributed by atoms with Crippen molar-refractivity contribution in [3.63, 3.8) is 0 Å². The van der Waals surface area contributed by atoms with E-state index in [-0.39, 0.29) is 11.8 Å². The van der Waals surface area contributed by atoms with E-state index in [2.05, 4.69) is 24.5 Å². The Morgan fingerprint density at radius 1 is 1.28 bits per heavy atom. The molecule has 1 amide bonds. The molecule has 0 aromatic carbocycles. The van der Waals surface area contributed by atoms with Gasteiger partial charge in [-0.15, -0.1) is 0 Å². The van der Waals surface area contributed by atoms with Crippen LogP contribution in [0.4, 0.5) is 0 Å². The smallest absolute Gasteiger partial charge is 0.224 e. The summed E-state index contributed by atoms with van der Waals surface area (Å²) in [5, 5.41) is 16.3. The van der Waals surface area contributed by atoms with Crippen molar-refractivity contribution in [1.29, 1.82) is 0 Å². The van der Waals surface area contributed by atoms with Crippen LogP contribution in [0, 0.1) is 11.3 Å². The summed E-state index contributed by atoms with van der Waals surface area (Å²) >= 11 is 0. The third kappa shape index (κ3) is 4.58. The maximum atomic E-state index is 11.8. The number of aliphatic hydroxyl groups is 1. The minimum atomic E-state index is -0.704. The van der Waals surface area contributed by atoms with Crippen molar-refractivity contribution in [2.45, 2.75) is 52.1 Å². The van der Waals surface area contributed by atoms with E-state index in [1.54, 1.807) is 0 Å². The Morgan fingerprint density at radius 3 is 2.33 bits per heavy atom. The van der Waals surface area contributed by atoms with E-state index in [1.165, 1.54) is 0 Å². The third-order valence-electron chi connectivity index (χ3n) is 4.08. The molecular formula is C14H28N2O2. The van der Waals surface area contributed by atoms with E-state index in [9.17, 15) is 9.90 Å². The Labute approximate surface area is 111 Å². The molecule has 0 aromatic rings. The lowest BCUT2D eigenvalue weighted by Gasteiger charge is -2.40. The van der Waals surface area contributed by atoms with E-state index in [4.69, 9.17) is 0 Å². The second-order valence-electron chi connectivity index (χ2n) is 6.57. The average Bonchev–Trinajstić information content (AvgIpc) is 2.31. The zero-order chi connectivity index (χ0) is 13.8. The molecule has 0 saturated heterocycles. The monoisotopic (exact) mass is 256 g/mol. The van der Waals surface area contributed by atoms with Gasteiger partial charge in [0.1, 0.15) is 0 Å². The number of amides is 1. The van der Waals surface area contributed by atoms with Gasteiger partial charge < -0.3 is 15.7 Å². The molecule has 0 aliphatic heterocycles. The molecule has 1 atom stereocenters. The predicted molar refractivity (Wildman–Crippen MR) is 73.3 cm³/mol. The number of rotatable bonds is 5. The van der Waals surface area contributed by atoms with Crippen LogP contribution in [0.1, 0.15) is 46.5 Å². The van der Waals surface area contributed by atoms with Crippen molar-refractivity contribution >= 4 is 5.91 Å². The van der Waals surface area contributed by atoms with Crippen LogP contribution in [0.2, 0.25) is 0 Å². The van der Waals surface area contributed by atoms with Crippen molar-refractivity contribution < 1.29 is 9.90 Å². The number of hydrogen-bond donors (Lipinski definition) is 3. The lowest BCUT2D eigenvalue weighted by Crippen LogP contribution is -2.48. The van der Waals surface area contributed by atoms with Crippen LogP contribution in [0.25, 0.3) is 0 Å². The highest BCUT2D eigenvalue weighted by Crippen LogP contribution is 2.39. The highest BCUT2D eigenvalue weighted by Gasteiger charge is 2.36. The van der Waals surface area contributed by atoms with Crippen LogP contribution < -0.4 is 10.6 Å². The van der Waals surface area contributed by atoms with Crippen LogP contribution in [0.3, 0.4) is 0 Å². The summed E-state index contributed by atoms with van der Waals surface area (Å²) in [5.74, 6) is -0.0405. The molecule has 3 N–H and O–H groups in total. The molecular weight excluding hydrogens is 228 g/mol. The van der Waals surface area contributed by atoms with Gasteiger partial charge in [-0.25, -0.2) is 0 Å². The van der Waals surface area contributed by atoms with Gasteiger partial charge in [0.2, 0.25) is 5.91 Å². The van der Waals surface area contributed by atoms with Gasteiger partial charge in [0.15, 0.2) is 0 Å². The first kappa shape index (κ1) is 15.4. The maximum absolute atomic E-state index is 11.8. The van der Waals surface area contributed by atoms with Crippen LogP contribution in [-0.4, -0.2) is 36.8 Å². The molecule has 4 heteroatoms. The fourth-order valence-electron chi connectivity index (χ4n) is 2.39. The van der Waals surface area contributed by atoms with Crippen LogP contribution in [0.15, 0.2) is 0 Å². The Balaban J connectivity index is 2.37. The van der Waals surface area contributed by atoms with E-state index in [1.807, 2.05) is 14.0 Å². The second-order valence-corrected chi connectivity index (χ2v) is 6.57. The van der Waals surface area contributed by atoms with Gasteiger partial charge in [-0.1, -0.05) is 20.8 Å². The number of carbonyl (C=O) groups is 1. The molecule has 0 aromatic heterocycles. The van der Waals surface area contributed by atoms with Crippen LogP contribution >= 0.6 is 0 Å². The van der Waals surface area contributed by atoms with Gasteiger partial charge in [0.05, 0.1) is 5.60 Å². The van der Waals surface area contributed by atoms with Crippen molar-refractivity contribution in [2.24, 2.45) is 11.3 Å². The second kappa shape index (κ2) is 6.02. The molecule has 18 heavy (non-hydrogen) atoms. The molecule has 106 valence electrons.